The minimum absolute atomic E-state index is 0.562. The van der Waals surface area contributed by atoms with Gasteiger partial charge in [0.15, 0.2) is 0 Å². The number of rotatable bonds is 4. The molecule has 13 heavy (non-hydrogen) atoms. The third-order valence-electron chi connectivity index (χ3n) is 1.35. The second-order valence-electron chi connectivity index (χ2n) is 2.31. The average Bonchev–Trinajstić information content (AvgIpc) is 2.04. The first-order valence-corrected chi connectivity index (χ1v) is 4.93. The molecule has 1 atom stereocenters. The Bertz CT molecular complexity index is 303. The molecule has 2 N–H and O–H groups in total. The third kappa shape index (κ3) is 3.43. The molecule has 0 radical (unpaired) electrons. The van der Waals surface area contributed by atoms with E-state index in [-0.39, 0.29) is 0 Å². The van der Waals surface area contributed by atoms with E-state index >= 15 is 0 Å². The van der Waals surface area contributed by atoms with Crippen molar-refractivity contribution in [3.05, 3.63) is 24.3 Å². The highest BCUT2D eigenvalue weighted by molar-refractivity contribution is 7.80. The van der Waals surface area contributed by atoms with E-state index in [2.05, 4.69) is 4.72 Å². The molecule has 4 nitrogen and oxygen atoms in total. The molecule has 0 heterocycles. The summed E-state index contributed by atoms with van der Waals surface area (Å²) in [6.45, 7) is 2.45. The Morgan fingerprint density at radius 3 is 3.00 bits per heavy atom. The van der Waals surface area contributed by atoms with Crippen LogP contribution in [0.2, 0.25) is 0 Å². The van der Waals surface area contributed by atoms with Gasteiger partial charge in [0, 0.05) is 6.07 Å². The molecule has 0 saturated carbocycles. The topological polar surface area (TPSA) is 58.6 Å². The Labute approximate surface area is 79.3 Å². The number of nitrogens with one attached hydrogen (secondary N) is 1. The number of hydrogen-bond acceptors (Lipinski definition) is 2. The van der Waals surface area contributed by atoms with Crippen LogP contribution in [0.4, 0.5) is 5.69 Å². The van der Waals surface area contributed by atoms with Crippen molar-refractivity contribution >= 4 is 17.0 Å². The van der Waals surface area contributed by atoms with Gasteiger partial charge in [-0.2, -0.15) is 0 Å². The molecular formula is C8H11NO3S. The normalized spacial score (nSPS) is 12.2. The smallest absolute Gasteiger partial charge is 0.259 e. The molecule has 1 aromatic carbocycles. The SMILES string of the molecule is CCOc1cccc(NS(=O)O)c1. The summed E-state index contributed by atoms with van der Waals surface area (Å²) in [5.74, 6) is 0.679. The summed E-state index contributed by atoms with van der Waals surface area (Å²) < 4.78 is 26.5. The molecule has 0 bridgehead atoms. The first kappa shape index (κ1) is 10.0. The highest BCUT2D eigenvalue weighted by Gasteiger charge is 1.97. The molecule has 1 unspecified atom stereocenters. The van der Waals surface area contributed by atoms with Crippen LogP contribution in [-0.4, -0.2) is 15.4 Å². The van der Waals surface area contributed by atoms with E-state index in [9.17, 15) is 4.21 Å². The molecule has 0 fully saturated rings. The summed E-state index contributed by atoms with van der Waals surface area (Å²) in [5.41, 5.74) is 0.562. The lowest BCUT2D eigenvalue weighted by Gasteiger charge is -2.05. The molecule has 0 saturated heterocycles. The maximum atomic E-state index is 10.4. The number of benzene rings is 1. The van der Waals surface area contributed by atoms with Gasteiger partial charge in [-0.25, -0.2) is 4.21 Å². The van der Waals surface area contributed by atoms with Crippen LogP contribution < -0.4 is 9.46 Å². The molecule has 1 rings (SSSR count). The molecule has 0 aliphatic carbocycles. The number of hydrogen-bond donors (Lipinski definition) is 2. The highest BCUT2D eigenvalue weighted by Crippen LogP contribution is 2.17. The fraction of sp³-hybridized carbons (Fsp3) is 0.250. The predicted octanol–water partition coefficient (Wildman–Crippen LogP) is 1.63. The van der Waals surface area contributed by atoms with Crippen molar-refractivity contribution in [2.24, 2.45) is 0 Å². The lowest BCUT2D eigenvalue weighted by molar-refractivity contribution is 0.340. The second-order valence-corrected chi connectivity index (χ2v) is 3.01. The zero-order valence-corrected chi connectivity index (χ0v) is 8.00. The lowest BCUT2D eigenvalue weighted by atomic mass is 10.3. The monoisotopic (exact) mass is 201 g/mol. The van der Waals surface area contributed by atoms with Crippen LogP contribution >= 0.6 is 0 Å². The molecular weight excluding hydrogens is 190 g/mol. The lowest BCUT2D eigenvalue weighted by Crippen LogP contribution is -2.01. The molecule has 0 spiro atoms. The van der Waals surface area contributed by atoms with Gasteiger partial charge in [0.1, 0.15) is 5.75 Å². The Kier molecular flexibility index (Phi) is 3.72. The molecule has 0 amide bonds. The molecule has 0 aliphatic rings. The van der Waals surface area contributed by atoms with Crippen molar-refractivity contribution in [2.75, 3.05) is 11.3 Å². The second kappa shape index (κ2) is 4.84. The maximum absolute atomic E-state index is 10.4. The highest BCUT2D eigenvalue weighted by atomic mass is 32.2. The van der Waals surface area contributed by atoms with Gasteiger partial charge in [-0.15, -0.1) is 0 Å². The first-order valence-electron chi connectivity index (χ1n) is 3.82. The van der Waals surface area contributed by atoms with Gasteiger partial charge in [0.2, 0.25) is 0 Å². The van der Waals surface area contributed by atoms with Crippen LogP contribution in [0.1, 0.15) is 6.92 Å². The van der Waals surface area contributed by atoms with Crippen molar-refractivity contribution in [2.45, 2.75) is 6.92 Å². The van der Waals surface area contributed by atoms with Crippen molar-refractivity contribution < 1.29 is 13.5 Å². The largest absolute Gasteiger partial charge is 0.494 e. The molecule has 72 valence electrons. The maximum Gasteiger partial charge on any atom is 0.259 e. The summed E-state index contributed by atoms with van der Waals surface area (Å²) in [4.78, 5) is 0. The molecule has 0 aliphatic heterocycles. The van der Waals surface area contributed by atoms with Gasteiger partial charge in [0.25, 0.3) is 11.3 Å². The van der Waals surface area contributed by atoms with Crippen LogP contribution in [0, 0.1) is 0 Å². The minimum atomic E-state index is -2.03. The predicted molar refractivity (Wildman–Crippen MR) is 52.0 cm³/mol. The van der Waals surface area contributed by atoms with Gasteiger partial charge in [-0.05, 0) is 19.1 Å². The standard InChI is InChI=1S/C8H11NO3S/c1-2-12-8-5-3-4-7(6-8)9-13(10)11/h3-6,9H,2H2,1H3,(H,10,11). The van der Waals surface area contributed by atoms with Crippen LogP contribution in [0.15, 0.2) is 24.3 Å². The Hall–Kier alpha value is -1.07. The molecule has 1 aromatic rings. The summed E-state index contributed by atoms with van der Waals surface area (Å²) >= 11 is -2.03. The zero-order chi connectivity index (χ0) is 9.68. The van der Waals surface area contributed by atoms with Crippen LogP contribution in [0.5, 0.6) is 5.75 Å². The van der Waals surface area contributed by atoms with Gasteiger partial charge in [-0.3, -0.25) is 9.27 Å². The van der Waals surface area contributed by atoms with Crippen LogP contribution in [-0.2, 0) is 11.3 Å². The van der Waals surface area contributed by atoms with E-state index < -0.39 is 11.3 Å². The van der Waals surface area contributed by atoms with E-state index in [4.69, 9.17) is 9.29 Å². The van der Waals surface area contributed by atoms with E-state index in [1.165, 1.54) is 0 Å². The van der Waals surface area contributed by atoms with Crippen LogP contribution in [0.3, 0.4) is 0 Å². The van der Waals surface area contributed by atoms with E-state index in [0.29, 0.717) is 18.0 Å². The number of anilines is 1. The van der Waals surface area contributed by atoms with Crippen LogP contribution in [0.25, 0.3) is 0 Å². The summed E-state index contributed by atoms with van der Waals surface area (Å²) in [6, 6.07) is 6.89. The average molecular weight is 201 g/mol. The Morgan fingerprint density at radius 1 is 1.62 bits per heavy atom. The minimum Gasteiger partial charge on any atom is -0.494 e. The van der Waals surface area contributed by atoms with Gasteiger partial charge in [-0.1, -0.05) is 6.07 Å². The summed E-state index contributed by atoms with van der Waals surface area (Å²) in [5, 5.41) is 0. The van der Waals surface area contributed by atoms with Crippen molar-refractivity contribution in [3.8, 4) is 5.75 Å². The first-order chi connectivity index (χ1) is 6.22. The van der Waals surface area contributed by atoms with Crippen molar-refractivity contribution in [3.63, 3.8) is 0 Å². The zero-order valence-electron chi connectivity index (χ0n) is 7.19. The summed E-state index contributed by atoms with van der Waals surface area (Å²) in [6.07, 6.45) is 0. The quantitative estimate of drug-likeness (QED) is 0.728. The van der Waals surface area contributed by atoms with Gasteiger partial charge < -0.3 is 4.74 Å². The third-order valence-corrected chi connectivity index (χ3v) is 1.76. The molecule has 5 heteroatoms. The van der Waals surface area contributed by atoms with Crippen molar-refractivity contribution in [1.82, 2.24) is 0 Å². The van der Waals surface area contributed by atoms with Gasteiger partial charge in [0.05, 0.1) is 12.3 Å². The van der Waals surface area contributed by atoms with E-state index in [1.807, 2.05) is 6.92 Å². The number of ether oxygens (including phenoxy) is 1. The Balaban J connectivity index is 2.73. The summed E-state index contributed by atoms with van der Waals surface area (Å²) in [7, 11) is 0. The van der Waals surface area contributed by atoms with E-state index in [1.54, 1.807) is 24.3 Å². The van der Waals surface area contributed by atoms with E-state index in [0.717, 1.165) is 0 Å². The van der Waals surface area contributed by atoms with Gasteiger partial charge >= 0.3 is 0 Å². The fourth-order valence-corrected chi connectivity index (χ4v) is 1.25. The fourth-order valence-electron chi connectivity index (χ4n) is 0.917. The molecule has 0 aromatic heterocycles. The van der Waals surface area contributed by atoms with Crippen molar-refractivity contribution in [1.29, 1.82) is 0 Å². The Morgan fingerprint density at radius 2 is 2.38 bits per heavy atom.